The van der Waals surface area contributed by atoms with Crippen molar-refractivity contribution in [2.75, 3.05) is 0 Å². The van der Waals surface area contributed by atoms with Crippen LogP contribution in [0.25, 0.3) is 6.08 Å². The minimum atomic E-state index is -1.84. The summed E-state index contributed by atoms with van der Waals surface area (Å²) in [6.45, 7) is 11.1. The Morgan fingerprint density at radius 1 is 1.17 bits per heavy atom. The molecular weight excluding hydrogens is 240 g/mol. The van der Waals surface area contributed by atoms with Crippen molar-refractivity contribution in [2.24, 2.45) is 0 Å². The van der Waals surface area contributed by atoms with E-state index in [0.717, 1.165) is 17.6 Å². The highest BCUT2D eigenvalue weighted by molar-refractivity contribution is 6.74. The topological polar surface area (TPSA) is 26.3 Å². The second-order valence-electron chi connectivity index (χ2n) is 5.90. The van der Waals surface area contributed by atoms with Crippen molar-refractivity contribution in [3.63, 3.8) is 0 Å². The number of hydrogen-bond acceptors (Lipinski definition) is 2. The van der Waals surface area contributed by atoms with E-state index in [1.165, 1.54) is 6.08 Å². The first-order valence-corrected chi connectivity index (χ1v) is 9.08. The Labute approximate surface area is 111 Å². The first-order chi connectivity index (χ1) is 8.28. The number of aldehydes is 1. The van der Waals surface area contributed by atoms with Gasteiger partial charge >= 0.3 is 0 Å². The normalized spacial score (nSPS) is 12.7. The molecule has 0 aliphatic carbocycles. The summed E-state index contributed by atoms with van der Waals surface area (Å²) in [7, 11) is -1.84. The standard InChI is InChI=1S/C15H22O2Si/c1-15(2,3)18(4,5)17-14-11-7-6-9-13(14)10-8-12-16/h6-12H,1-5H3. The van der Waals surface area contributed by atoms with Gasteiger partial charge in [0, 0.05) is 5.56 Å². The zero-order chi connectivity index (χ0) is 13.8. The molecule has 0 fully saturated rings. The van der Waals surface area contributed by atoms with Gasteiger partial charge in [-0.3, -0.25) is 4.79 Å². The molecule has 0 heterocycles. The third-order valence-electron chi connectivity index (χ3n) is 3.44. The highest BCUT2D eigenvalue weighted by atomic mass is 28.4. The lowest BCUT2D eigenvalue weighted by Crippen LogP contribution is -2.44. The van der Waals surface area contributed by atoms with Crippen molar-refractivity contribution >= 4 is 20.7 Å². The van der Waals surface area contributed by atoms with E-state index in [1.807, 2.05) is 24.3 Å². The third kappa shape index (κ3) is 3.57. The number of para-hydroxylation sites is 1. The molecule has 2 nitrogen and oxygen atoms in total. The van der Waals surface area contributed by atoms with Crippen LogP contribution in [0.5, 0.6) is 5.75 Å². The Kier molecular flexibility index (Phi) is 4.51. The van der Waals surface area contributed by atoms with E-state index in [2.05, 4.69) is 33.9 Å². The number of benzene rings is 1. The number of allylic oxidation sites excluding steroid dienone is 1. The molecule has 0 aliphatic rings. The number of carbonyl (C=O) groups is 1. The molecule has 0 aromatic heterocycles. The van der Waals surface area contributed by atoms with Crippen LogP contribution in [0, 0.1) is 0 Å². The molecule has 98 valence electrons. The van der Waals surface area contributed by atoms with Crippen molar-refractivity contribution in [1.29, 1.82) is 0 Å². The fourth-order valence-electron chi connectivity index (χ4n) is 1.28. The van der Waals surface area contributed by atoms with E-state index in [-0.39, 0.29) is 5.04 Å². The summed E-state index contributed by atoms with van der Waals surface area (Å²) in [6, 6.07) is 7.83. The van der Waals surface area contributed by atoms with Crippen LogP contribution in [0.15, 0.2) is 30.3 Å². The molecule has 0 amide bonds. The second kappa shape index (κ2) is 5.53. The molecule has 0 radical (unpaired) electrons. The molecule has 1 aromatic carbocycles. The second-order valence-corrected chi connectivity index (χ2v) is 10.6. The first-order valence-electron chi connectivity index (χ1n) is 6.18. The Morgan fingerprint density at radius 2 is 1.78 bits per heavy atom. The highest BCUT2D eigenvalue weighted by Gasteiger charge is 2.39. The Hall–Kier alpha value is -1.35. The van der Waals surface area contributed by atoms with E-state index >= 15 is 0 Å². The average molecular weight is 262 g/mol. The number of hydrogen-bond donors (Lipinski definition) is 0. The van der Waals surface area contributed by atoms with Crippen molar-refractivity contribution in [3.05, 3.63) is 35.9 Å². The highest BCUT2D eigenvalue weighted by Crippen LogP contribution is 2.38. The van der Waals surface area contributed by atoms with E-state index in [0.29, 0.717) is 0 Å². The lowest BCUT2D eigenvalue weighted by atomic mass is 10.2. The number of rotatable bonds is 4. The molecule has 0 atom stereocenters. The summed E-state index contributed by atoms with van der Waals surface area (Å²) in [5.41, 5.74) is 0.953. The van der Waals surface area contributed by atoms with Crippen LogP contribution >= 0.6 is 0 Å². The molecule has 1 aromatic rings. The molecule has 0 saturated carbocycles. The Balaban J connectivity index is 3.04. The monoisotopic (exact) mass is 262 g/mol. The van der Waals surface area contributed by atoms with Crippen molar-refractivity contribution in [2.45, 2.75) is 38.9 Å². The smallest absolute Gasteiger partial charge is 0.250 e. The minimum Gasteiger partial charge on any atom is -0.543 e. The third-order valence-corrected chi connectivity index (χ3v) is 7.79. The van der Waals surface area contributed by atoms with Gasteiger partial charge in [0.1, 0.15) is 12.0 Å². The summed E-state index contributed by atoms with van der Waals surface area (Å²) >= 11 is 0. The maximum Gasteiger partial charge on any atom is 0.250 e. The van der Waals surface area contributed by atoms with Gasteiger partial charge in [-0.25, -0.2) is 0 Å². The molecule has 3 heteroatoms. The largest absolute Gasteiger partial charge is 0.543 e. The van der Waals surface area contributed by atoms with E-state index < -0.39 is 8.32 Å². The molecule has 0 spiro atoms. The van der Waals surface area contributed by atoms with Crippen LogP contribution in [0.4, 0.5) is 0 Å². The van der Waals surface area contributed by atoms with E-state index in [9.17, 15) is 4.79 Å². The van der Waals surface area contributed by atoms with Crippen LogP contribution in [0.1, 0.15) is 26.3 Å². The lowest BCUT2D eigenvalue weighted by Gasteiger charge is -2.36. The zero-order valence-corrected chi connectivity index (χ0v) is 12.9. The predicted octanol–water partition coefficient (Wildman–Crippen LogP) is 4.28. The van der Waals surface area contributed by atoms with Gasteiger partial charge in [-0.05, 0) is 36.4 Å². The molecule has 0 saturated heterocycles. The van der Waals surface area contributed by atoms with Gasteiger partial charge in [-0.1, -0.05) is 39.0 Å². The van der Waals surface area contributed by atoms with Gasteiger partial charge in [0.25, 0.3) is 8.32 Å². The van der Waals surface area contributed by atoms with Gasteiger partial charge in [0.15, 0.2) is 0 Å². The van der Waals surface area contributed by atoms with Crippen LogP contribution in [-0.2, 0) is 4.79 Å². The maximum absolute atomic E-state index is 10.4. The van der Waals surface area contributed by atoms with Crippen molar-refractivity contribution in [3.8, 4) is 5.75 Å². The molecule has 1 rings (SSSR count). The molecule has 0 unspecified atom stereocenters. The quantitative estimate of drug-likeness (QED) is 0.460. The average Bonchev–Trinajstić information content (AvgIpc) is 2.26. The fourth-order valence-corrected chi connectivity index (χ4v) is 2.32. The van der Waals surface area contributed by atoms with Gasteiger partial charge in [0.05, 0.1) is 0 Å². The van der Waals surface area contributed by atoms with E-state index in [1.54, 1.807) is 6.08 Å². The molecular formula is C15H22O2Si. The van der Waals surface area contributed by atoms with E-state index in [4.69, 9.17) is 4.43 Å². The van der Waals surface area contributed by atoms with Crippen molar-refractivity contribution in [1.82, 2.24) is 0 Å². The van der Waals surface area contributed by atoms with Gasteiger partial charge in [0.2, 0.25) is 0 Å². The van der Waals surface area contributed by atoms with Crippen LogP contribution in [-0.4, -0.2) is 14.6 Å². The van der Waals surface area contributed by atoms with Crippen LogP contribution < -0.4 is 4.43 Å². The van der Waals surface area contributed by atoms with Crippen LogP contribution in [0.3, 0.4) is 0 Å². The number of carbonyl (C=O) groups excluding carboxylic acids is 1. The lowest BCUT2D eigenvalue weighted by molar-refractivity contribution is -0.104. The summed E-state index contributed by atoms with van der Waals surface area (Å²) in [5.74, 6) is 0.863. The predicted molar refractivity (Wildman–Crippen MR) is 79.4 cm³/mol. The van der Waals surface area contributed by atoms with Crippen LogP contribution in [0.2, 0.25) is 18.1 Å². The maximum atomic E-state index is 10.4. The molecule has 0 aliphatic heterocycles. The van der Waals surface area contributed by atoms with Gasteiger partial charge in [-0.15, -0.1) is 0 Å². The fraction of sp³-hybridized carbons (Fsp3) is 0.400. The minimum absolute atomic E-state index is 0.161. The van der Waals surface area contributed by atoms with Crippen molar-refractivity contribution < 1.29 is 9.22 Å². The van der Waals surface area contributed by atoms with Gasteiger partial charge < -0.3 is 4.43 Å². The Morgan fingerprint density at radius 3 is 2.33 bits per heavy atom. The SMILES string of the molecule is CC(C)(C)[Si](C)(C)Oc1ccccc1C=CC=O. The van der Waals surface area contributed by atoms with Gasteiger partial charge in [-0.2, -0.15) is 0 Å². The summed E-state index contributed by atoms with van der Waals surface area (Å²) in [6.07, 6.45) is 4.06. The molecule has 0 bridgehead atoms. The summed E-state index contributed by atoms with van der Waals surface area (Å²) in [5, 5.41) is 0.161. The molecule has 18 heavy (non-hydrogen) atoms. The molecule has 0 N–H and O–H groups in total. The zero-order valence-electron chi connectivity index (χ0n) is 11.9. The summed E-state index contributed by atoms with van der Waals surface area (Å²) < 4.78 is 6.27. The first kappa shape index (κ1) is 14.7. The summed E-state index contributed by atoms with van der Waals surface area (Å²) in [4.78, 5) is 10.4. The Bertz CT molecular complexity index is 442.